The van der Waals surface area contributed by atoms with Crippen molar-refractivity contribution >= 4 is 10.9 Å². The van der Waals surface area contributed by atoms with Crippen molar-refractivity contribution in [1.29, 1.82) is 0 Å². The fourth-order valence-electron chi connectivity index (χ4n) is 6.76. The van der Waals surface area contributed by atoms with E-state index in [0.29, 0.717) is 17.8 Å². The summed E-state index contributed by atoms with van der Waals surface area (Å²) in [6, 6.07) is 16.0. The molecule has 0 aliphatic heterocycles. The number of benzene rings is 2. The average Bonchev–Trinajstić information content (AvgIpc) is 2.81. The number of fused-ring (bicyclic) bond motifs is 3. The van der Waals surface area contributed by atoms with Crippen molar-refractivity contribution in [2.24, 2.45) is 5.92 Å². The van der Waals surface area contributed by atoms with E-state index in [-0.39, 0.29) is 0 Å². The van der Waals surface area contributed by atoms with Crippen LogP contribution in [0.3, 0.4) is 0 Å². The van der Waals surface area contributed by atoms with E-state index in [1.54, 1.807) is 11.1 Å². The Labute approximate surface area is 186 Å². The first-order chi connectivity index (χ1) is 15.1. The smallest absolute Gasteiger partial charge is 0.0747 e. The first kappa shape index (κ1) is 19.3. The minimum Gasteiger partial charge on any atom is -0.247 e. The Morgan fingerprint density at radius 3 is 2.32 bits per heavy atom. The summed E-state index contributed by atoms with van der Waals surface area (Å²) in [6.07, 6.45) is 9.06. The van der Waals surface area contributed by atoms with Gasteiger partial charge in [0.05, 0.1) is 11.2 Å². The third-order valence-corrected chi connectivity index (χ3v) is 8.66. The van der Waals surface area contributed by atoms with Crippen LogP contribution in [-0.4, -0.2) is 4.98 Å². The lowest BCUT2D eigenvalue weighted by molar-refractivity contribution is 0.361. The molecule has 2 fully saturated rings. The van der Waals surface area contributed by atoms with Crippen molar-refractivity contribution in [3.63, 3.8) is 0 Å². The Hall–Kier alpha value is -2.41. The van der Waals surface area contributed by atoms with Gasteiger partial charge in [0.15, 0.2) is 0 Å². The van der Waals surface area contributed by atoms with Gasteiger partial charge in [0, 0.05) is 10.9 Å². The average molecular weight is 408 g/mol. The molecule has 1 nitrogen and oxygen atoms in total. The van der Waals surface area contributed by atoms with Gasteiger partial charge < -0.3 is 0 Å². The molecule has 1 heterocycles. The van der Waals surface area contributed by atoms with Gasteiger partial charge in [-0.15, -0.1) is 0 Å². The standard InChI is InChI=1S/C30H33N/c1-18-8-10-23(16-20(18)3)26-17-24(11-9-19(26)2)30-29-22-14-12-21(13-15-22)28(29)25-6-4-5-7-27(25)31-30/h4-7,9,11,17-18,21-23H,3,8,10,12-16H2,1-2H3. The minimum atomic E-state index is 0.608. The highest BCUT2D eigenvalue weighted by atomic mass is 14.7. The zero-order chi connectivity index (χ0) is 21.1. The molecule has 1 aromatic heterocycles. The number of hydrogen-bond acceptors (Lipinski definition) is 1. The number of aromatic nitrogens is 1. The first-order valence-electron chi connectivity index (χ1n) is 12.3. The molecular formula is C30H33N. The zero-order valence-electron chi connectivity index (χ0n) is 19.0. The summed E-state index contributed by atoms with van der Waals surface area (Å²) < 4.78 is 0. The first-order valence-corrected chi connectivity index (χ1v) is 12.3. The molecule has 0 radical (unpaired) electrons. The van der Waals surface area contributed by atoms with Gasteiger partial charge >= 0.3 is 0 Å². The van der Waals surface area contributed by atoms with Crippen LogP contribution in [0.4, 0.5) is 0 Å². The molecule has 3 aromatic rings. The highest BCUT2D eigenvalue weighted by Gasteiger charge is 2.37. The SMILES string of the molecule is C=C1CC(c2cc(-c3nc4ccccc4c4c3C3CCC4CC3)ccc2C)CCC1C. The monoisotopic (exact) mass is 407 g/mol. The Morgan fingerprint density at radius 1 is 0.839 bits per heavy atom. The molecule has 2 atom stereocenters. The zero-order valence-corrected chi connectivity index (χ0v) is 19.0. The molecule has 0 amide bonds. The fraction of sp³-hybridized carbons (Fsp3) is 0.433. The predicted octanol–water partition coefficient (Wildman–Crippen LogP) is 8.42. The summed E-state index contributed by atoms with van der Waals surface area (Å²) in [6.45, 7) is 9.00. The Morgan fingerprint density at radius 2 is 1.55 bits per heavy atom. The molecule has 158 valence electrons. The second kappa shape index (κ2) is 7.33. The summed E-state index contributed by atoms with van der Waals surface area (Å²) in [7, 11) is 0. The van der Waals surface area contributed by atoms with Gasteiger partial charge in [-0.1, -0.05) is 49.4 Å². The number of pyridine rings is 1. The van der Waals surface area contributed by atoms with Crippen LogP contribution in [0.2, 0.25) is 0 Å². The summed E-state index contributed by atoms with van der Waals surface area (Å²) in [5.74, 6) is 2.69. The molecular weight excluding hydrogens is 374 g/mol. The van der Waals surface area contributed by atoms with Crippen LogP contribution in [0, 0.1) is 12.8 Å². The largest absolute Gasteiger partial charge is 0.247 e. The molecule has 0 saturated heterocycles. The van der Waals surface area contributed by atoms with Crippen LogP contribution in [0.1, 0.15) is 91.9 Å². The van der Waals surface area contributed by atoms with E-state index >= 15 is 0 Å². The van der Waals surface area contributed by atoms with Crippen LogP contribution < -0.4 is 0 Å². The normalized spacial score (nSPS) is 27.5. The van der Waals surface area contributed by atoms with Crippen LogP contribution in [0.15, 0.2) is 54.6 Å². The molecule has 2 unspecified atom stereocenters. The molecule has 4 aliphatic carbocycles. The summed E-state index contributed by atoms with van der Waals surface area (Å²) in [5.41, 5.74) is 11.4. The van der Waals surface area contributed by atoms with Crippen molar-refractivity contribution in [2.45, 2.75) is 76.5 Å². The molecule has 1 heteroatoms. The topological polar surface area (TPSA) is 12.9 Å². The molecule has 4 aliphatic rings. The number of hydrogen-bond donors (Lipinski definition) is 0. The third kappa shape index (κ3) is 3.08. The van der Waals surface area contributed by atoms with Crippen molar-refractivity contribution < 1.29 is 0 Å². The molecule has 0 spiro atoms. The summed E-state index contributed by atoms with van der Waals surface area (Å²) >= 11 is 0. The maximum Gasteiger partial charge on any atom is 0.0747 e. The van der Waals surface area contributed by atoms with Crippen LogP contribution in [0.5, 0.6) is 0 Å². The van der Waals surface area contributed by atoms with E-state index in [2.05, 4.69) is 62.9 Å². The summed E-state index contributed by atoms with van der Waals surface area (Å²) in [5, 5.41) is 1.40. The fourth-order valence-corrected chi connectivity index (χ4v) is 6.76. The van der Waals surface area contributed by atoms with Crippen LogP contribution >= 0.6 is 0 Å². The van der Waals surface area contributed by atoms with E-state index in [4.69, 9.17) is 4.98 Å². The molecule has 31 heavy (non-hydrogen) atoms. The van der Waals surface area contributed by atoms with E-state index in [1.165, 1.54) is 77.4 Å². The predicted molar refractivity (Wildman–Crippen MR) is 131 cm³/mol. The van der Waals surface area contributed by atoms with Gasteiger partial charge in [0.2, 0.25) is 0 Å². The minimum absolute atomic E-state index is 0.608. The van der Waals surface area contributed by atoms with Crippen LogP contribution in [0.25, 0.3) is 22.2 Å². The van der Waals surface area contributed by atoms with E-state index in [1.807, 2.05) is 0 Å². The van der Waals surface area contributed by atoms with Gasteiger partial charge in [-0.3, -0.25) is 0 Å². The number of nitrogens with zero attached hydrogens (tertiary/aromatic N) is 1. The van der Waals surface area contributed by atoms with Gasteiger partial charge in [0.25, 0.3) is 0 Å². The number of allylic oxidation sites excluding steroid dienone is 1. The van der Waals surface area contributed by atoms with Crippen molar-refractivity contribution in [3.05, 3.63) is 76.9 Å². The van der Waals surface area contributed by atoms with Gasteiger partial charge in [0.1, 0.15) is 0 Å². The maximum atomic E-state index is 5.30. The van der Waals surface area contributed by atoms with E-state index in [0.717, 1.165) is 12.3 Å². The third-order valence-electron chi connectivity index (χ3n) is 8.66. The second-order valence-corrected chi connectivity index (χ2v) is 10.5. The van der Waals surface area contributed by atoms with Crippen LogP contribution in [-0.2, 0) is 0 Å². The quantitative estimate of drug-likeness (QED) is 0.388. The van der Waals surface area contributed by atoms with Crippen molar-refractivity contribution in [2.75, 3.05) is 0 Å². The summed E-state index contributed by atoms with van der Waals surface area (Å²) in [4.78, 5) is 5.30. The number of aryl methyl sites for hydroxylation is 1. The molecule has 0 N–H and O–H groups in total. The lowest BCUT2D eigenvalue weighted by Gasteiger charge is -2.40. The lowest BCUT2D eigenvalue weighted by atomic mass is 9.65. The van der Waals surface area contributed by atoms with E-state index in [9.17, 15) is 0 Å². The molecule has 7 rings (SSSR count). The van der Waals surface area contributed by atoms with Crippen molar-refractivity contribution in [1.82, 2.24) is 4.98 Å². The maximum absolute atomic E-state index is 5.30. The molecule has 2 aromatic carbocycles. The molecule has 2 bridgehead atoms. The van der Waals surface area contributed by atoms with Gasteiger partial charge in [-0.05, 0) is 110 Å². The lowest BCUT2D eigenvalue weighted by Crippen LogP contribution is -2.23. The number of rotatable bonds is 2. The van der Waals surface area contributed by atoms with Gasteiger partial charge in [-0.2, -0.15) is 0 Å². The van der Waals surface area contributed by atoms with Gasteiger partial charge in [-0.25, -0.2) is 4.98 Å². The second-order valence-electron chi connectivity index (χ2n) is 10.5. The highest BCUT2D eigenvalue weighted by Crippen LogP contribution is 2.54. The Bertz CT molecular complexity index is 1180. The highest BCUT2D eigenvalue weighted by molar-refractivity contribution is 5.89. The van der Waals surface area contributed by atoms with E-state index < -0.39 is 0 Å². The number of para-hydroxylation sites is 1. The molecule has 2 saturated carbocycles. The Kier molecular flexibility index (Phi) is 4.56. The Balaban J connectivity index is 1.52. The van der Waals surface area contributed by atoms with Crippen molar-refractivity contribution in [3.8, 4) is 11.3 Å².